The Kier molecular flexibility index (Phi) is 7.56. The van der Waals surface area contributed by atoms with Gasteiger partial charge in [-0.3, -0.25) is 4.79 Å². The molecule has 1 N–H and O–H groups in total. The van der Waals surface area contributed by atoms with Crippen LogP contribution in [0.4, 0.5) is 0 Å². The Balaban J connectivity index is 2.99. The van der Waals surface area contributed by atoms with Gasteiger partial charge in [0, 0.05) is 30.6 Å². The topological polar surface area (TPSA) is 40.5 Å². The van der Waals surface area contributed by atoms with E-state index in [2.05, 4.69) is 18.8 Å². The standard InChI is InChI=1S/C18H25NO2/c1-4-6-13-19(5-2)18(21)17-12-9-11-16(15(17)3)10-7-8-14-20/h9,11-12,20H,4-6,8,13-14H2,1-3H3. The number of aliphatic hydroxyl groups excluding tert-OH is 1. The molecule has 0 heterocycles. The van der Waals surface area contributed by atoms with Crippen LogP contribution in [0.15, 0.2) is 18.2 Å². The molecule has 0 saturated carbocycles. The number of hydrogen-bond donors (Lipinski definition) is 1. The third kappa shape index (κ3) is 4.91. The molecule has 1 rings (SSSR count). The Morgan fingerprint density at radius 2 is 2.10 bits per heavy atom. The molecule has 0 bridgehead atoms. The lowest BCUT2D eigenvalue weighted by atomic mass is 10.0. The van der Waals surface area contributed by atoms with Gasteiger partial charge in [0.2, 0.25) is 0 Å². The van der Waals surface area contributed by atoms with Crippen LogP contribution in [-0.2, 0) is 0 Å². The molecule has 1 amide bonds. The van der Waals surface area contributed by atoms with Gasteiger partial charge >= 0.3 is 0 Å². The number of hydrogen-bond acceptors (Lipinski definition) is 2. The molecule has 1 aromatic carbocycles. The highest BCUT2D eigenvalue weighted by atomic mass is 16.2. The van der Waals surface area contributed by atoms with Gasteiger partial charge < -0.3 is 10.0 Å². The Bertz CT molecular complexity index is 526. The second kappa shape index (κ2) is 9.20. The number of aliphatic hydroxyl groups is 1. The van der Waals surface area contributed by atoms with Gasteiger partial charge in [0.1, 0.15) is 0 Å². The molecule has 0 atom stereocenters. The molecular weight excluding hydrogens is 262 g/mol. The lowest BCUT2D eigenvalue weighted by molar-refractivity contribution is 0.0761. The fourth-order valence-electron chi connectivity index (χ4n) is 2.14. The van der Waals surface area contributed by atoms with E-state index < -0.39 is 0 Å². The Hall–Kier alpha value is -1.79. The van der Waals surface area contributed by atoms with E-state index in [4.69, 9.17) is 5.11 Å². The van der Waals surface area contributed by atoms with Crippen molar-refractivity contribution in [3.63, 3.8) is 0 Å². The molecule has 1 aromatic rings. The summed E-state index contributed by atoms with van der Waals surface area (Å²) >= 11 is 0. The Morgan fingerprint density at radius 3 is 2.71 bits per heavy atom. The van der Waals surface area contributed by atoms with Gasteiger partial charge in [-0.05, 0) is 38.0 Å². The molecule has 0 unspecified atom stereocenters. The molecule has 0 fully saturated rings. The van der Waals surface area contributed by atoms with Crippen molar-refractivity contribution in [1.82, 2.24) is 4.90 Å². The van der Waals surface area contributed by atoms with Gasteiger partial charge in [-0.15, -0.1) is 0 Å². The first-order chi connectivity index (χ1) is 10.2. The number of benzene rings is 1. The highest BCUT2D eigenvalue weighted by Crippen LogP contribution is 2.15. The molecule has 0 aliphatic rings. The largest absolute Gasteiger partial charge is 0.395 e. The fraction of sp³-hybridized carbons (Fsp3) is 0.500. The van der Waals surface area contributed by atoms with Crippen molar-refractivity contribution in [2.75, 3.05) is 19.7 Å². The van der Waals surface area contributed by atoms with E-state index in [0.29, 0.717) is 6.42 Å². The molecule has 0 spiro atoms. The zero-order valence-corrected chi connectivity index (χ0v) is 13.3. The first kappa shape index (κ1) is 17.3. The summed E-state index contributed by atoms with van der Waals surface area (Å²) in [5.74, 6) is 6.02. The average Bonchev–Trinajstić information content (AvgIpc) is 2.49. The molecule has 21 heavy (non-hydrogen) atoms. The van der Waals surface area contributed by atoms with Crippen molar-refractivity contribution < 1.29 is 9.90 Å². The zero-order chi connectivity index (χ0) is 15.7. The normalized spacial score (nSPS) is 9.90. The first-order valence-corrected chi connectivity index (χ1v) is 7.64. The maximum atomic E-state index is 12.6. The molecule has 0 aromatic heterocycles. The van der Waals surface area contributed by atoms with Crippen molar-refractivity contribution in [2.24, 2.45) is 0 Å². The molecule has 0 saturated heterocycles. The number of nitrogens with zero attached hydrogens (tertiary/aromatic N) is 1. The van der Waals surface area contributed by atoms with Crippen molar-refractivity contribution in [3.05, 3.63) is 34.9 Å². The molecule has 0 aliphatic heterocycles. The summed E-state index contributed by atoms with van der Waals surface area (Å²) in [4.78, 5) is 14.5. The summed E-state index contributed by atoms with van der Waals surface area (Å²) in [5.41, 5.74) is 2.51. The summed E-state index contributed by atoms with van der Waals surface area (Å²) in [6.45, 7) is 7.65. The van der Waals surface area contributed by atoms with E-state index in [0.717, 1.165) is 42.6 Å². The minimum absolute atomic E-state index is 0.0608. The molecule has 0 radical (unpaired) electrons. The van der Waals surface area contributed by atoms with Crippen molar-refractivity contribution in [2.45, 2.75) is 40.0 Å². The lowest BCUT2D eigenvalue weighted by Gasteiger charge is -2.22. The van der Waals surface area contributed by atoms with Crippen LogP contribution in [-0.4, -0.2) is 35.6 Å². The second-order valence-corrected chi connectivity index (χ2v) is 4.99. The summed E-state index contributed by atoms with van der Waals surface area (Å²) in [6, 6.07) is 5.65. The second-order valence-electron chi connectivity index (χ2n) is 4.99. The molecule has 114 valence electrons. The smallest absolute Gasteiger partial charge is 0.254 e. The quantitative estimate of drug-likeness (QED) is 0.817. The van der Waals surface area contributed by atoms with E-state index >= 15 is 0 Å². The van der Waals surface area contributed by atoms with E-state index in [1.807, 2.05) is 36.9 Å². The molecule has 0 aliphatic carbocycles. The third-order valence-electron chi connectivity index (χ3n) is 3.47. The van der Waals surface area contributed by atoms with E-state index in [1.165, 1.54) is 0 Å². The van der Waals surface area contributed by atoms with Crippen molar-refractivity contribution in [1.29, 1.82) is 0 Å². The summed E-state index contributed by atoms with van der Waals surface area (Å²) in [6.07, 6.45) is 2.55. The average molecular weight is 287 g/mol. The summed E-state index contributed by atoms with van der Waals surface area (Å²) in [7, 11) is 0. The van der Waals surface area contributed by atoms with Crippen LogP contribution in [0.25, 0.3) is 0 Å². The van der Waals surface area contributed by atoms with Crippen LogP contribution < -0.4 is 0 Å². The van der Waals surface area contributed by atoms with E-state index in [9.17, 15) is 4.79 Å². The highest BCUT2D eigenvalue weighted by molar-refractivity contribution is 5.96. The third-order valence-corrected chi connectivity index (χ3v) is 3.47. The zero-order valence-electron chi connectivity index (χ0n) is 13.3. The van der Waals surface area contributed by atoms with Gasteiger partial charge in [0.15, 0.2) is 0 Å². The Labute approximate surface area is 128 Å². The van der Waals surface area contributed by atoms with Crippen LogP contribution in [0, 0.1) is 18.8 Å². The van der Waals surface area contributed by atoms with Crippen molar-refractivity contribution in [3.8, 4) is 11.8 Å². The molecule has 3 nitrogen and oxygen atoms in total. The van der Waals surface area contributed by atoms with Crippen LogP contribution in [0.1, 0.15) is 54.6 Å². The SMILES string of the molecule is CCCCN(CC)C(=O)c1cccc(C#CCCO)c1C. The highest BCUT2D eigenvalue weighted by Gasteiger charge is 2.16. The predicted molar refractivity (Wildman–Crippen MR) is 86.2 cm³/mol. The number of carbonyl (C=O) groups excluding carboxylic acids is 1. The van der Waals surface area contributed by atoms with Gasteiger partial charge in [-0.1, -0.05) is 31.3 Å². The first-order valence-electron chi connectivity index (χ1n) is 7.64. The van der Waals surface area contributed by atoms with Gasteiger partial charge in [-0.2, -0.15) is 0 Å². The molecule has 3 heteroatoms. The minimum Gasteiger partial charge on any atom is -0.395 e. The fourth-order valence-corrected chi connectivity index (χ4v) is 2.14. The van der Waals surface area contributed by atoms with Crippen LogP contribution in [0.5, 0.6) is 0 Å². The predicted octanol–water partition coefficient (Wildman–Crippen LogP) is 2.99. The van der Waals surface area contributed by atoms with Gasteiger partial charge in [0.25, 0.3) is 5.91 Å². The minimum atomic E-state index is 0.0608. The Morgan fingerprint density at radius 1 is 1.33 bits per heavy atom. The number of carbonyl (C=O) groups is 1. The lowest BCUT2D eigenvalue weighted by Crippen LogP contribution is -2.32. The van der Waals surface area contributed by atoms with Crippen LogP contribution in [0.3, 0.4) is 0 Å². The number of rotatable bonds is 6. The number of amides is 1. The number of unbranched alkanes of at least 4 members (excludes halogenated alkanes) is 1. The maximum Gasteiger partial charge on any atom is 0.254 e. The van der Waals surface area contributed by atoms with Gasteiger partial charge in [-0.25, -0.2) is 0 Å². The maximum absolute atomic E-state index is 12.6. The summed E-state index contributed by atoms with van der Waals surface area (Å²) in [5, 5.41) is 8.78. The molecular formula is C18H25NO2. The van der Waals surface area contributed by atoms with Gasteiger partial charge in [0.05, 0.1) is 6.61 Å². The van der Waals surface area contributed by atoms with Crippen LogP contribution >= 0.6 is 0 Å². The summed E-state index contributed by atoms with van der Waals surface area (Å²) < 4.78 is 0. The van der Waals surface area contributed by atoms with Crippen LogP contribution in [0.2, 0.25) is 0 Å². The van der Waals surface area contributed by atoms with Crippen molar-refractivity contribution >= 4 is 5.91 Å². The van der Waals surface area contributed by atoms with E-state index in [-0.39, 0.29) is 12.5 Å². The van der Waals surface area contributed by atoms with E-state index in [1.54, 1.807) is 0 Å². The monoisotopic (exact) mass is 287 g/mol.